The second kappa shape index (κ2) is 13.3. The van der Waals surface area contributed by atoms with Crippen molar-refractivity contribution in [3.8, 4) is 0 Å². The Bertz CT molecular complexity index is 925. The van der Waals surface area contributed by atoms with E-state index in [1.165, 1.54) is 17.9 Å². The highest BCUT2D eigenvalue weighted by Crippen LogP contribution is 2.19. The van der Waals surface area contributed by atoms with E-state index in [0.717, 1.165) is 5.56 Å². The van der Waals surface area contributed by atoms with Crippen molar-refractivity contribution in [3.63, 3.8) is 0 Å². The van der Waals surface area contributed by atoms with Gasteiger partial charge in [0, 0.05) is 32.6 Å². The zero-order valence-electron chi connectivity index (χ0n) is 18.8. The smallest absolute Gasteiger partial charge is 0.430 e. The number of nitrogens with one attached hydrogen (secondary N) is 1. The molecule has 0 radical (unpaired) electrons. The molecule has 0 spiro atoms. The number of hydrogen-bond acceptors (Lipinski definition) is 7. The number of ether oxygens (including phenoxy) is 1. The van der Waals surface area contributed by atoms with Crippen molar-refractivity contribution in [3.05, 3.63) is 47.7 Å². The molecule has 0 saturated heterocycles. The van der Waals surface area contributed by atoms with Gasteiger partial charge in [-0.15, -0.1) is 0 Å². The first-order valence-electron chi connectivity index (χ1n) is 10.3. The molecule has 7 N–H and O–H groups in total. The van der Waals surface area contributed by atoms with Crippen LogP contribution in [0.4, 0.5) is 13.2 Å². The molecule has 0 aliphatic carbocycles. The van der Waals surface area contributed by atoms with Gasteiger partial charge in [0.15, 0.2) is 0 Å². The topological polar surface area (TPSA) is 190 Å². The Hall–Kier alpha value is -3.65. The molecule has 2 rings (SSSR count). The highest BCUT2D eigenvalue weighted by atomic mass is 19.4. The molecule has 14 heteroatoms. The van der Waals surface area contributed by atoms with Gasteiger partial charge in [0.2, 0.25) is 17.8 Å². The number of halogens is 3. The quantitative estimate of drug-likeness (QED) is 0.307. The van der Waals surface area contributed by atoms with E-state index in [0.29, 0.717) is 13.0 Å². The Morgan fingerprint density at radius 1 is 1.20 bits per heavy atom. The minimum absolute atomic E-state index is 0.244. The molecule has 0 saturated carbocycles. The summed E-state index contributed by atoms with van der Waals surface area (Å²) in [5.41, 5.74) is 10.6. The summed E-state index contributed by atoms with van der Waals surface area (Å²) in [6.45, 7) is 2.23. The van der Waals surface area contributed by atoms with Crippen molar-refractivity contribution in [1.82, 2.24) is 10.2 Å². The second-order valence-corrected chi connectivity index (χ2v) is 7.40. The molecule has 1 heterocycles. The molecular weight excluding hydrogens is 477 g/mol. The SMILES string of the molecule is CC(=O)N[C@@H]1[C@@H]([NH3+])C=C(C(=O)O)O[C@H]1C(=O)N(CCN)CCc1ccccc1.O=C([O-])C(F)(F)F. The maximum Gasteiger partial charge on any atom is 0.430 e. The molecule has 194 valence electrons. The number of carboxylic acids is 2. The molecule has 2 amide bonds. The van der Waals surface area contributed by atoms with Crippen LogP contribution in [0.3, 0.4) is 0 Å². The zero-order chi connectivity index (χ0) is 26.8. The fourth-order valence-corrected chi connectivity index (χ4v) is 3.09. The predicted molar refractivity (Wildman–Crippen MR) is 112 cm³/mol. The van der Waals surface area contributed by atoms with Gasteiger partial charge in [-0.25, -0.2) is 4.79 Å². The summed E-state index contributed by atoms with van der Waals surface area (Å²) < 4.78 is 37.0. The summed E-state index contributed by atoms with van der Waals surface area (Å²) in [5, 5.41) is 20.7. The van der Waals surface area contributed by atoms with Crippen LogP contribution in [0.2, 0.25) is 0 Å². The van der Waals surface area contributed by atoms with Crippen LogP contribution in [-0.2, 0) is 30.3 Å². The van der Waals surface area contributed by atoms with Crippen LogP contribution in [0.15, 0.2) is 42.2 Å². The number of aliphatic carboxylic acids is 2. The van der Waals surface area contributed by atoms with Gasteiger partial charge in [-0.1, -0.05) is 30.3 Å². The largest absolute Gasteiger partial charge is 0.542 e. The summed E-state index contributed by atoms with van der Waals surface area (Å²) in [4.78, 5) is 46.4. The van der Waals surface area contributed by atoms with Gasteiger partial charge in [-0.2, -0.15) is 13.2 Å². The van der Waals surface area contributed by atoms with Crippen molar-refractivity contribution in [1.29, 1.82) is 0 Å². The number of benzene rings is 1. The van der Waals surface area contributed by atoms with Crippen LogP contribution < -0.4 is 21.9 Å². The van der Waals surface area contributed by atoms with Crippen LogP contribution in [0, 0.1) is 0 Å². The lowest BCUT2D eigenvalue weighted by Gasteiger charge is -2.35. The molecule has 0 aromatic heterocycles. The maximum absolute atomic E-state index is 13.2. The Kier molecular flexibility index (Phi) is 11.2. The third-order valence-corrected chi connectivity index (χ3v) is 4.69. The van der Waals surface area contributed by atoms with E-state index < -0.39 is 42.2 Å². The average molecular weight is 504 g/mol. The van der Waals surface area contributed by atoms with Gasteiger partial charge in [0.1, 0.15) is 18.1 Å². The third kappa shape index (κ3) is 9.62. The molecular formula is C21H27F3N4O7. The number of hydrogen-bond donors (Lipinski definition) is 4. The van der Waals surface area contributed by atoms with Crippen molar-refractivity contribution >= 4 is 23.8 Å². The van der Waals surface area contributed by atoms with Crippen LogP contribution in [0.1, 0.15) is 12.5 Å². The number of rotatable bonds is 8. The van der Waals surface area contributed by atoms with E-state index in [4.69, 9.17) is 20.4 Å². The third-order valence-electron chi connectivity index (χ3n) is 4.69. The first-order chi connectivity index (χ1) is 16.3. The minimum Gasteiger partial charge on any atom is -0.542 e. The van der Waals surface area contributed by atoms with Crippen molar-refractivity contribution < 1.29 is 53.0 Å². The van der Waals surface area contributed by atoms with Gasteiger partial charge >= 0.3 is 12.1 Å². The van der Waals surface area contributed by atoms with Crippen molar-refractivity contribution in [2.24, 2.45) is 5.73 Å². The van der Waals surface area contributed by atoms with E-state index >= 15 is 0 Å². The summed E-state index contributed by atoms with van der Waals surface area (Å²) in [7, 11) is 0. The minimum atomic E-state index is -5.19. The van der Waals surface area contributed by atoms with Gasteiger partial charge in [0.05, 0.1) is 0 Å². The summed E-state index contributed by atoms with van der Waals surface area (Å²) in [5.74, 6) is -5.44. The van der Waals surface area contributed by atoms with E-state index in [2.05, 4.69) is 11.1 Å². The normalized spacial score (nSPS) is 19.3. The van der Waals surface area contributed by atoms with E-state index in [-0.39, 0.29) is 24.8 Å². The standard InChI is InChI=1S/C19H26N4O5.C2HF3O2/c1-12(24)22-16-14(21)11-15(19(26)27)28-17(16)18(25)23(10-8-20)9-7-13-5-3-2-4-6-13;3-2(4,5)1(6)7/h2-6,11,14,16-17H,7-10,20-21H2,1H3,(H,22,24)(H,26,27);(H,6,7)/t14-,16+,17+;/m0./s1. The molecule has 0 unspecified atom stereocenters. The summed E-state index contributed by atoms with van der Waals surface area (Å²) in [6.07, 6.45) is -4.48. The van der Waals surface area contributed by atoms with E-state index in [1.807, 2.05) is 30.3 Å². The number of carbonyl (C=O) groups is 4. The predicted octanol–water partition coefficient (Wildman–Crippen LogP) is -2.20. The Labute approximate surface area is 198 Å². The van der Waals surface area contributed by atoms with Crippen molar-refractivity contribution in [2.45, 2.75) is 37.7 Å². The van der Waals surface area contributed by atoms with Gasteiger partial charge in [-0.3, -0.25) is 9.59 Å². The lowest BCUT2D eigenvalue weighted by molar-refractivity contribution is -0.414. The highest BCUT2D eigenvalue weighted by Gasteiger charge is 2.43. The summed E-state index contributed by atoms with van der Waals surface area (Å²) >= 11 is 0. The molecule has 3 atom stereocenters. The Morgan fingerprint density at radius 2 is 1.77 bits per heavy atom. The molecule has 1 aromatic carbocycles. The molecule has 1 aliphatic heterocycles. The Balaban J connectivity index is 0.000000762. The fraction of sp³-hybridized carbons (Fsp3) is 0.429. The molecule has 1 aromatic rings. The monoisotopic (exact) mass is 504 g/mol. The van der Waals surface area contributed by atoms with E-state index in [9.17, 15) is 32.7 Å². The van der Waals surface area contributed by atoms with Crippen LogP contribution in [0.25, 0.3) is 0 Å². The number of carboxylic acid groups (broad SMARTS) is 2. The molecule has 0 bridgehead atoms. The number of nitrogens with zero attached hydrogens (tertiary/aromatic N) is 1. The number of alkyl halides is 3. The number of amides is 2. The first-order valence-corrected chi connectivity index (χ1v) is 10.3. The molecule has 11 nitrogen and oxygen atoms in total. The molecule has 1 aliphatic rings. The van der Waals surface area contributed by atoms with Crippen LogP contribution >= 0.6 is 0 Å². The number of quaternary nitrogens is 1. The number of carbonyl (C=O) groups excluding carboxylic acids is 3. The molecule has 0 fully saturated rings. The van der Waals surface area contributed by atoms with Gasteiger partial charge in [-0.05, 0) is 12.0 Å². The highest BCUT2D eigenvalue weighted by molar-refractivity contribution is 5.88. The summed E-state index contributed by atoms with van der Waals surface area (Å²) in [6, 6.07) is 8.25. The van der Waals surface area contributed by atoms with Crippen LogP contribution in [0.5, 0.6) is 0 Å². The Morgan fingerprint density at radius 3 is 2.23 bits per heavy atom. The van der Waals surface area contributed by atoms with E-state index in [1.54, 1.807) is 0 Å². The lowest BCUT2D eigenvalue weighted by atomic mass is 9.97. The second-order valence-electron chi connectivity index (χ2n) is 7.40. The lowest BCUT2D eigenvalue weighted by Crippen LogP contribution is -2.74. The zero-order valence-corrected chi connectivity index (χ0v) is 18.8. The molecule has 35 heavy (non-hydrogen) atoms. The number of nitrogens with two attached hydrogens (primary N) is 1. The van der Waals surface area contributed by atoms with Gasteiger partial charge in [0.25, 0.3) is 5.91 Å². The van der Waals surface area contributed by atoms with Crippen LogP contribution in [-0.4, -0.2) is 77.8 Å². The fourth-order valence-electron chi connectivity index (χ4n) is 3.09. The maximum atomic E-state index is 13.2. The van der Waals surface area contributed by atoms with Crippen molar-refractivity contribution in [2.75, 3.05) is 19.6 Å². The average Bonchev–Trinajstić information content (AvgIpc) is 2.77. The first kappa shape index (κ1) is 29.4. The van der Waals surface area contributed by atoms with Gasteiger partial charge < -0.3 is 41.4 Å².